The quantitative estimate of drug-likeness (QED) is 0.0349. The lowest BCUT2D eigenvalue weighted by Crippen LogP contribution is -2.63. The summed E-state index contributed by atoms with van der Waals surface area (Å²) < 4.78 is 31.4. The molecule has 0 aliphatic carbocycles. The van der Waals surface area contributed by atoms with E-state index in [2.05, 4.69) is 32.0 Å². The highest BCUT2D eigenvalue weighted by Crippen LogP contribution is 2.49. The average Bonchev–Trinajstić information content (AvgIpc) is 4.18. The fraction of sp³-hybridized carbons (Fsp3) is 0.554. The molecule has 0 saturated carbocycles. The van der Waals surface area contributed by atoms with Crippen LogP contribution in [0.1, 0.15) is 77.5 Å². The highest BCUT2D eigenvalue weighted by molar-refractivity contribution is 6.35. The molecule has 4 bridgehead atoms. The molecule has 24 heteroatoms. The molecule has 0 radical (unpaired) electrons. The van der Waals surface area contributed by atoms with Crippen LogP contribution in [-0.4, -0.2) is 181 Å². The number of methoxy groups -OCH3 is 2. The number of allylic oxidation sites excluding steroid dienone is 3. The molecule has 438 valence electrons. The van der Waals surface area contributed by atoms with Gasteiger partial charge in [0, 0.05) is 90.7 Å². The van der Waals surface area contributed by atoms with Gasteiger partial charge in [0.1, 0.15) is 46.8 Å². The van der Waals surface area contributed by atoms with Crippen LogP contribution >= 0.6 is 11.6 Å². The summed E-state index contributed by atoms with van der Waals surface area (Å²) in [5, 5.41) is 43.7. The Hall–Kier alpha value is -6.44. The number of fused-ring (bicyclic) bond motifs is 6. The molecular formula is C56H77ClN8O15. The minimum absolute atomic E-state index is 0.113. The molecule has 10 atom stereocenters. The number of likely N-dealkylation sites (N-methyl/N-ethyl adjacent to an activating group) is 1. The van der Waals surface area contributed by atoms with E-state index < -0.39 is 102 Å². The van der Waals surface area contributed by atoms with Gasteiger partial charge in [-0.25, -0.2) is 14.6 Å². The van der Waals surface area contributed by atoms with Crippen LogP contribution in [0.2, 0.25) is 5.02 Å². The minimum atomic E-state index is -2.16. The van der Waals surface area contributed by atoms with Gasteiger partial charge in [0.15, 0.2) is 17.6 Å². The number of ketones is 1. The molecule has 3 aromatic rings. The number of epoxide rings is 1. The molecular weight excluding hydrogens is 1060 g/mol. The summed E-state index contributed by atoms with van der Waals surface area (Å²) >= 11 is 6.80. The smallest absolute Gasteiger partial charge is 0.409 e. The Morgan fingerprint density at radius 1 is 1.01 bits per heavy atom. The normalized spacial score (nSPS) is 25.4. The second-order valence-corrected chi connectivity index (χ2v) is 21.3. The van der Waals surface area contributed by atoms with Gasteiger partial charge in [0.25, 0.3) is 5.91 Å². The van der Waals surface area contributed by atoms with Gasteiger partial charge in [-0.1, -0.05) is 60.5 Å². The van der Waals surface area contributed by atoms with E-state index in [1.807, 2.05) is 56.4 Å². The number of para-hydroxylation sites is 1. The Kier molecular flexibility index (Phi) is 21.5. The topological polar surface area (TPSA) is 292 Å². The summed E-state index contributed by atoms with van der Waals surface area (Å²) in [5.41, 5.74) is 3.75. The Morgan fingerprint density at radius 3 is 2.44 bits per heavy atom. The zero-order valence-corrected chi connectivity index (χ0v) is 47.8. The van der Waals surface area contributed by atoms with Gasteiger partial charge in [-0.2, -0.15) is 0 Å². The zero-order valence-electron chi connectivity index (χ0n) is 47.1. The van der Waals surface area contributed by atoms with E-state index in [4.69, 9.17) is 35.3 Å². The molecule has 0 spiro atoms. The van der Waals surface area contributed by atoms with Crippen LogP contribution in [0.4, 0.5) is 10.5 Å². The maximum absolute atomic E-state index is 14.4. The molecule has 2 saturated heterocycles. The lowest BCUT2D eigenvalue weighted by molar-refractivity contribution is -0.162. The lowest BCUT2D eigenvalue weighted by atomic mass is 9.83. The number of alkyl carbamates (subject to hydrolysis) is 1. The van der Waals surface area contributed by atoms with Crippen molar-refractivity contribution in [2.75, 3.05) is 60.4 Å². The summed E-state index contributed by atoms with van der Waals surface area (Å²) in [6.45, 7) is 7.46. The highest BCUT2D eigenvalue weighted by Gasteiger charge is 2.64. The van der Waals surface area contributed by atoms with Crippen molar-refractivity contribution in [3.05, 3.63) is 82.5 Å². The van der Waals surface area contributed by atoms with Gasteiger partial charge in [-0.3, -0.25) is 34.7 Å². The monoisotopic (exact) mass is 1140 g/mol. The van der Waals surface area contributed by atoms with Crippen molar-refractivity contribution in [3.8, 4) is 5.75 Å². The zero-order chi connectivity index (χ0) is 58.8. The Bertz CT molecular complexity index is 2830. The van der Waals surface area contributed by atoms with Crippen molar-refractivity contribution in [1.82, 2.24) is 35.9 Å². The number of aryl methyl sites for hydroxylation is 1. The number of aliphatic hydroxyl groups is 3. The third-order valence-electron chi connectivity index (χ3n) is 15.2. The number of carbonyl (C=O) groups excluding carboxylic acids is 7. The Balaban J connectivity index is 1.04. The van der Waals surface area contributed by atoms with Crippen molar-refractivity contribution in [2.45, 2.75) is 140 Å². The molecule has 1 aromatic heterocycles. The maximum Gasteiger partial charge on any atom is 0.409 e. The van der Waals surface area contributed by atoms with Crippen molar-refractivity contribution in [3.63, 3.8) is 0 Å². The molecule has 0 unspecified atom stereocenters. The number of esters is 1. The maximum atomic E-state index is 14.4. The number of anilines is 1. The molecule has 6 rings (SSSR count). The SMILES string of the molecule is CNN(C)Cc1cc2ccccc2n1CCC(=O)NCCCC(=O)[C@H](O)[C@H](O)C(=O)NCCC(=O)N(C)[C@@H](C)C(=O)O[C@H]1CC(=O)N(C)c2cc(cc(OC)c2Cl)C/C(C)=C/C=C/[C@@H](OC)[C@@]2(O)C[C@H](OC(=O)N2)[C@@H](C)[C@@H]2O[C@]12C. The molecule has 4 heterocycles. The van der Waals surface area contributed by atoms with Crippen LogP contribution in [0.25, 0.3) is 10.9 Å². The number of aromatic nitrogens is 1. The fourth-order valence-corrected chi connectivity index (χ4v) is 10.3. The van der Waals surface area contributed by atoms with E-state index in [1.165, 1.54) is 40.1 Å². The van der Waals surface area contributed by atoms with Crippen LogP contribution in [-0.2, 0) is 67.2 Å². The van der Waals surface area contributed by atoms with Gasteiger partial charge in [-0.15, -0.1) is 0 Å². The number of hydrogen-bond donors (Lipinski definition) is 7. The molecule has 80 heavy (non-hydrogen) atoms. The second-order valence-electron chi connectivity index (χ2n) is 20.9. The minimum Gasteiger partial charge on any atom is -0.495 e. The van der Waals surface area contributed by atoms with Crippen molar-refractivity contribution in [2.24, 2.45) is 5.92 Å². The van der Waals surface area contributed by atoms with E-state index in [0.717, 1.165) is 32.6 Å². The summed E-state index contributed by atoms with van der Waals surface area (Å²) in [7, 11) is 9.43. The molecule has 2 aromatic carbocycles. The van der Waals surface area contributed by atoms with Gasteiger partial charge in [0.2, 0.25) is 17.7 Å². The van der Waals surface area contributed by atoms with Crippen LogP contribution in [0.15, 0.2) is 66.3 Å². The van der Waals surface area contributed by atoms with Crippen LogP contribution in [0, 0.1) is 5.92 Å². The van der Waals surface area contributed by atoms with Gasteiger partial charge in [-0.05, 0) is 75.9 Å². The highest BCUT2D eigenvalue weighted by atomic mass is 35.5. The van der Waals surface area contributed by atoms with Crippen LogP contribution < -0.4 is 31.0 Å². The largest absolute Gasteiger partial charge is 0.495 e. The van der Waals surface area contributed by atoms with E-state index in [0.29, 0.717) is 30.9 Å². The first-order valence-electron chi connectivity index (χ1n) is 26.6. The van der Waals surface area contributed by atoms with Gasteiger partial charge >= 0.3 is 12.1 Å². The number of nitrogens with zero attached hydrogens (tertiary/aromatic N) is 4. The fourth-order valence-electron chi connectivity index (χ4n) is 10.0. The predicted octanol–water partition coefficient (Wildman–Crippen LogP) is 2.82. The molecule has 7 N–H and O–H groups in total. The summed E-state index contributed by atoms with van der Waals surface area (Å²) in [6, 6.07) is 12.2. The molecule has 2 fully saturated rings. The van der Waals surface area contributed by atoms with Crippen molar-refractivity contribution in [1.29, 1.82) is 0 Å². The number of amides is 5. The first-order chi connectivity index (χ1) is 37.8. The van der Waals surface area contributed by atoms with Gasteiger partial charge in [0.05, 0.1) is 31.9 Å². The van der Waals surface area contributed by atoms with Gasteiger partial charge < -0.3 is 64.0 Å². The van der Waals surface area contributed by atoms with Crippen LogP contribution in [0.3, 0.4) is 0 Å². The average molecular weight is 1140 g/mol. The number of carbonyl (C=O) groups is 7. The van der Waals surface area contributed by atoms with Crippen molar-refractivity contribution < 1.29 is 72.6 Å². The number of Topliss-reactive ketones (excluding diaryl/α,β-unsaturated/α-hetero) is 1. The van der Waals surface area contributed by atoms with E-state index >= 15 is 0 Å². The summed E-state index contributed by atoms with van der Waals surface area (Å²) in [4.78, 5) is 95.7. The van der Waals surface area contributed by atoms with Crippen LogP contribution in [0.5, 0.6) is 5.75 Å². The van der Waals surface area contributed by atoms with Crippen molar-refractivity contribution >= 4 is 69.7 Å². The number of nitrogens with one attached hydrogen (secondary N) is 4. The Morgan fingerprint density at radius 2 is 1.74 bits per heavy atom. The third-order valence-corrected chi connectivity index (χ3v) is 15.6. The van der Waals surface area contributed by atoms with E-state index in [-0.39, 0.29) is 56.1 Å². The summed E-state index contributed by atoms with van der Waals surface area (Å²) in [5.74, 6) is -4.61. The first-order valence-corrected chi connectivity index (χ1v) is 27.0. The number of hydrogen-bond acceptors (Lipinski definition) is 17. The number of ether oxygens (including phenoxy) is 5. The molecule has 3 aliphatic rings. The summed E-state index contributed by atoms with van der Waals surface area (Å²) in [6.07, 6.45) is -4.53. The standard InChI is InChI=1S/C56H77ClN8O15/c1-32-15-13-19-43(77-10)56(75)30-42(78-54(74)61-56)33(2)51-55(4,80-51)44(29-47(69)64(8)39-26-35(25-32)27-41(76-9)48(39)57)79-53(73)34(3)63(7)46(68)20-23-60-52(72)50(71)49(70)40(66)18-14-22-59-45(67)21-24-65-37(31-62(6)58-5)28-36-16-11-12-17-38(36)65/h11-13,15-17,19,26-28,33-34,42-44,49-51,58,70-71,75H,14,18,20-25,29-31H2,1-10H3,(H,59,67)(H,60,72)(H,61,74)/b19-13+,32-15+/t33-,34+,42+,43-,44+,49+,50+,51+,55-,56+/m1/s1. The molecule has 5 amide bonds. The first kappa shape index (κ1) is 62.8. The molecule has 3 aliphatic heterocycles. The third kappa shape index (κ3) is 15.1. The number of halogens is 1. The number of hydrazine groups is 1. The number of benzene rings is 2. The predicted molar refractivity (Wildman–Crippen MR) is 295 cm³/mol. The second kappa shape index (κ2) is 27.3. The number of aliphatic hydroxyl groups excluding tert-OH is 2. The Labute approximate surface area is 470 Å². The number of rotatable bonds is 21. The van der Waals surface area contributed by atoms with E-state index in [9.17, 15) is 48.9 Å². The lowest BCUT2D eigenvalue weighted by Gasteiger charge is -2.42. The van der Waals surface area contributed by atoms with E-state index in [1.54, 1.807) is 38.1 Å². The molecule has 23 nitrogen and oxygen atoms in total.